The monoisotopic (exact) mass is 278 g/mol. The maximum atomic E-state index is 11.7. The van der Waals surface area contributed by atoms with Crippen LogP contribution in [0.15, 0.2) is 18.2 Å². The molecule has 0 atom stereocenters. The Labute approximate surface area is 108 Å². The minimum absolute atomic E-state index is 0.000434. The van der Waals surface area contributed by atoms with Gasteiger partial charge in [0.2, 0.25) is 0 Å². The van der Waals surface area contributed by atoms with Crippen LogP contribution in [0.2, 0.25) is 5.02 Å². The van der Waals surface area contributed by atoms with Gasteiger partial charge in [0.1, 0.15) is 6.61 Å². The minimum Gasteiger partial charge on any atom is -0.398 e. The van der Waals surface area contributed by atoms with E-state index in [1.807, 2.05) is 0 Å². The molecule has 0 saturated carbocycles. The molecule has 0 bridgehead atoms. The van der Waals surface area contributed by atoms with Crippen molar-refractivity contribution in [1.29, 1.82) is 0 Å². The highest BCUT2D eigenvalue weighted by Crippen LogP contribution is 2.21. The number of hydrogen-bond donors (Lipinski definition) is 2. The number of rotatable bonds is 6. The van der Waals surface area contributed by atoms with Gasteiger partial charge in [0.15, 0.2) is 0 Å². The zero-order chi connectivity index (χ0) is 13.5. The molecule has 4 nitrogen and oxygen atoms in total. The summed E-state index contributed by atoms with van der Waals surface area (Å²) in [5.41, 5.74) is 6.05. The molecule has 0 saturated heterocycles. The van der Waals surface area contributed by atoms with Gasteiger partial charge in [-0.2, -0.15) is 0 Å². The molecular weight excluding hydrogens is 266 g/mol. The van der Waals surface area contributed by atoms with E-state index < -0.39 is 18.9 Å². The van der Waals surface area contributed by atoms with Gasteiger partial charge in [-0.3, -0.25) is 4.79 Å². The van der Waals surface area contributed by atoms with Crippen LogP contribution < -0.4 is 11.1 Å². The maximum Gasteiger partial charge on any atom is 0.261 e. The van der Waals surface area contributed by atoms with Gasteiger partial charge < -0.3 is 15.8 Å². The summed E-state index contributed by atoms with van der Waals surface area (Å²) < 4.78 is 28.1. The number of nitrogen functional groups attached to an aromatic ring is 1. The Morgan fingerprint density at radius 3 is 2.83 bits per heavy atom. The van der Waals surface area contributed by atoms with E-state index in [-0.39, 0.29) is 29.4 Å². The number of amides is 1. The van der Waals surface area contributed by atoms with Crippen molar-refractivity contribution in [3.05, 3.63) is 28.8 Å². The molecule has 1 rings (SSSR count). The third-order valence-electron chi connectivity index (χ3n) is 2.05. The fourth-order valence-corrected chi connectivity index (χ4v) is 1.55. The average Bonchev–Trinajstić information content (AvgIpc) is 2.27. The van der Waals surface area contributed by atoms with Crippen LogP contribution in [0.25, 0.3) is 0 Å². The van der Waals surface area contributed by atoms with Gasteiger partial charge in [-0.05, 0) is 12.1 Å². The average molecular weight is 279 g/mol. The molecule has 0 heterocycles. The van der Waals surface area contributed by atoms with Crippen molar-refractivity contribution in [3.8, 4) is 0 Å². The second-order valence-corrected chi connectivity index (χ2v) is 3.83. The van der Waals surface area contributed by atoms with Crippen molar-refractivity contribution in [1.82, 2.24) is 5.32 Å². The highest BCUT2D eigenvalue weighted by Gasteiger charge is 2.13. The van der Waals surface area contributed by atoms with E-state index in [1.54, 1.807) is 18.2 Å². The first kappa shape index (κ1) is 14.7. The van der Waals surface area contributed by atoms with Crippen LogP contribution in [0.5, 0.6) is 0 Å². The minimum atomic E-state index is -2.51. The number of nitrogens with two attached hydrogens (primary N) is 1. The summed E-state index contributed by atoms with van der Waals surface area (Å²) in [6, 6.07) is 4.72. The van der Waals surface area contributed by atoms with E-state index in [0.717, 1.165) is 0 Å². The van der Waals surface area contributed by atoms with Crippen LogP contribution in [-0.4, -0.2) is 32.1 Å². The lowest BCUT2D eigenvalue weighted by Gasteiger charge is -2.09. The smallest absolute Gasteiger partial charge is 0.261 e. The Kier molecular flexibility index (Phi) is 5.80. The number of carbonyl (C=O) groups excluding carboxylic acids is 1. The quantitative estimate of drug-likeness (QED) is 0.617. The molecule has 0 aliphatic rings. The number of alkyl halides is 2. The lowest BCUT2D eigenvalue weighted by atomic mass is 10.1. The number of hydrogen-bond acceptors (Lipinski definition) is 3. The summed E-state index contributed by atoms with van der Waals surface area (Å²) >= 11 is 5.83. The zero-order valence-corrected chi connectivity index (χ0v) is 10.2. The molecule has 1 aromatic rings. The molecule has 1 amide bonds. The number of nitrogens with one attached hydrogen (secondary N) is 1. The third-order valence-corrected chi connectivity index (χ3v) is 2.36. The molecule has 3 N–H and O–H groups in total. The lowest BCUT2D eigenvalue weighted by Crippen LogP contribution is -2.28. The fraction of sp³-hybridized carbons (Fsp3) is 0.364. The van der Waals surface area contributed by atoms with E-state index in [4.69, 9.17) is 17.3 Å². The van der Waals surface area contributed by atoms with E-state index in [1.165, 1.54) is 0 Å². The van der Waals surface area contributed by atoms with Crippen molar-refractivity contribution in [2.75, 3.05) is 25.5 Å². The van der Waals surface area contributed by atoms with Crippen molar-refractivity contribution < 1.29 is 18.3 Å². The van der Waals surface area contributed by atoms with Gasteiger partial charge in [-0.1, -0.05) is 17.7 Å². The molecule has 0 fully saturated rings. The van der Waals surface area contributed by atoms with Crippen LogP contribution in [0.4, 0.5) is 14.5 Å². The Morgan fingerprint density at radius 2 is 2.22 bits per heavy atom. The number of halogens is 3. The molecule has 0 aliphatic heterocycles. The van der Waals surface area contributed by atoms with Crippen LogP contribution in [0.3, 0.4) is 0 Å². The third kappa shape index (κ3) is 4.46. The van der Waals surface area contributed by atoms with Crippen LogP contribution in [0.1, 0.15) is 10.4 Å². The van der Waals surface area contributed by atoms with Gasteiger partial charge in [0.05, 0.1) is 17.2 Å². The molecule has 7 heteroatoms. The number of benzene rings is 1. The molecule has 0 spiro atoms. The maximum absolute atomic E-state index is 11.7. The molecule has 0 aliphatic carbocycles. The first-order valence-corrected chi connectivity index (χ1v) is 5.58. The van der Waals surface area contributed by atoms with Gasteiger partial charge >= 0.3 is 0 Å². The van der Waals surface area contributed by atoms with Crippen molar-refractivity contribution in [2.24, 2.45) is 0 Å². The van der Waals surface area contributed by atoms with Crippen molar-refractivity contribution >= 4 is 23.2 Å². The first-order chi connectivity index (χ1) is 8.52. The van der Waals surface area contributed by atoms with Gasteiger partial charge in [-0.15, -0.1) is 0 Å². The fourth-order valence-electron chi connectivity index (χ4n) is 1.28. The Morgan fingerprint density at radius 1 is 1.50 bits per heavy atom. The summed E-state index contributed by atoms with van der Waals surface area (Å²) in [6.45, 7) is -0.541. The van der Waals surface area contributed by atoms with E-state index in [0.29, 0.717) is 0 Å². The summed E-state index contributed by atoms with van der Waals surface area (Å²) in [6.07, 6.45) is -2.51. The molecule has 0 unspecified atom stereocenters. The summed E-state index contributed by atoms with van der Waals surface area (Å²) in [5, 5.41) is 2.72. The van der Waals surface area contributed by atoms with Crippen molar-refractivity contribution in [2.45, 2.75) is 6.43 Å². The molecule has 0 aromatic heterocycles. The molecular formula is C11H13ClF2N2O2. The van der Waals surface area contributed by atoms with Gasteiger partial charge in [0.25, 0.3) is 12.3 Å². The Balaban J connectivity index is 2.41. The first-order valence-electron chi connectivity index (χ1n) is 5.20. The van der Waals surface area contributed by atoms with E-state index >= 15 is 0 Å². The second kappa shape index (κ2) is 7.13. The second-order valence-electron chi connectivity index (χ2n) is 3.43. The summed E-state index contributed by atoms with van der Waals surface area (Å²) in [7, 11) is 0. The van der Waals surface area contributed by atoms with Gasteiger partial charge in [0, 0.05) is 12.2 Å². The standard InChI is InChI=1S/C11H13ClF2N2O2/c12-7-2-1-3-8(15)10(7)11(17)16-4-5-18-6-9(13)14/h1-3,9H,4-6,15H2,(H,16,17). The molecule has 100 valence electrons. The van der Waals surface area contributed by atoms with Crippen LogP contribution >= 0.6 is 11.6 Å². The highest BCUT2D eigenvalue weighted by molar-refractivity contribution is 6.34. The lowest BCUT2D eigenvalue weighted by molar-refractivity contribution is 0.0188. The predicted molar refractivity (Wildman–Crippen MR) is 65.0 cm³/mol. The SMILES string of the molecule is Nc1cccc(Cl)c1C(=O)NCCOCC(F)F. The number of carbonyl (C=O) groups is 1. The molecule has 0 radical (unpaired) electrons. The molecule has 1 aromatic carbocycles. The van der Waals surface area contributed by atoms with Gasteiger partial charge in [-0.25, -0.2) is 8.78 Å². The Hall–Kier alpha value is -1.40. The zero-order valence-electron chi connectivity index (χ0n) is 9.46. The largest absolute Gasteiger partial charge is 0.398 e. The predicted octanol–water partition coefficient (Wildman–Crippen LogP) is 1.93. The summed E-state index contributed by atoms with van der Waals surface area (Å²) in [5.74, 6) is -0.459. The van der Waals surface area contributed by atoms with Crippen LogP contribution in [0, 0.1) is 0 Å². The van der Waals surface area contributed by atoms with E-state index in [2.05, 4.69) is 10.1 Å². The number of ether oxygens (including phenoxy) is 1. The Bertz CT molecular complexity index is 396. The van der Waals surface area contributed by atoms with E-state index in [9.17, 15) is 13.6 Å². The van der Waals surface area contributed by atoms with Crippen LogP contribution in [-0.2, 0) is 4.74 Å². The molecule has 18 heavy (non-hydrogen) atoms. The number of anilines is 1. The summed E-state index contributed by atoms with van der Waals surface area (Å²) in [4.78, 5) is 11.7. The highest BCUT2D eigenvalue weighted by atomic mass is 35.5. The van der Waals surface area contributed by atoms with Crippen molar-refractivity contribution in [3.63, 3.8) is 0 Å². The normalized spacial score (nSPS) is 10.7. The topological polar surface area (TPSA) is 64.4 Å².